The second-order valence-electron chi connectivity index (χ2n) is 7.92. The number of ether oxygens (including phenoxy) is 1. The number of carbonyl (C=O) groups excluding carboxylic acids is 1. The van der Waals surface area contributed by atoms with Crippen molar-refractivity contribution < 1.29 is 13.9 Å². The number of aromatic nitrogens is 2. The zero-order valence-electron chi connectivity index (χ0n) is 18.3. The minimum Gasteiger partial charge on any atom is -0.484 e. The molecule has 0 saturated heterocycles. The van der Waals surface area contributed by atoms with Crippen molar-refractivity contribution in [1.82, 2.24) is 10.2 Å². The van der Waals surface area contributed by atoms with Gasteiger partial charge >= 0.3 is 0 Å². The van der Waals surface area contributed by atoms with Crippen LogP contribution >= 0.6 is 0 Å². The Labute approximate surface area is 187 Å². The Hall–Kier alpha value is -3.93. The van der Waals surface area contributed by atoms with Crippen LogP contribution in [-0.2, 0) is 4.79 Å². The van der Waals surface area contributed by atoms with Crippen LogP contribution in [0.5, 0.6) is 5.75 Å². The highest BCUT2D eigenvalue weighted by molar-refractivity contribution is 5.92. The first-order valence-corrected chi connectivity index (χ1v) is 10.5. The van der Waals surface area contributed by atoms with Crippen LogP contribution in [0.1, 0.15) is 30.9 Å². The van der Waals surface area contributed by atoms with Gasteiger partial charge in [0, 0.05) is 16.8 Å². The lowest BCUT2D eigenvalue weighted by molar-refractivity contribution is -0.118. The Bertz CT molecular complexity index is 1210. The number of benzene rings is 3. The summed E-state index contributed by atoms with van der Waals surface area (Å²) >= 11 is 0. The molecule has 0 aliphatic carbocycles. The molecule has 0 bridgehead atoms. The van der Waals surface area contributed by atoms with Crippen LogP contribution in [0.4, 0.5) is 5.69 Å². The molecular formula is C26H25N3O3. The first-order chi connectivity index (χ1) is 15.5. The molecule has 6 heteroatoms. The van der Waals surface area contributed by atoms with E-state index in [1.54, 1.807) is 12.1 Å². The molecule has 3 aromatic carbocycles. The van der Waals surface area contributed by atoms with Gasteiger partial charge in [-0.15, -0.1) is 10.2 Å². The minimum atomic E-state index is -0.249. The van der Waals surface area contributed by atoms with Gasteiger partial charge in [0.25, 0.3) is 5.91 Å². The fourth-order valence-corrected chi connectivity index (χ4v) is 3.26. The van der Waals surface area contributed by atoms with E-state index in [2.05, 4.69) is 29.4 Å². The molecule has 1 aromatic heterocycles. The third kappa shape index (κ3) is 5.21. The first kappa shape index (κ1) is 21.3. The van der Waals surface area contributed by atoms with Gasteiger partial charge in [-0.25, -0.2) is 0 Å². The zero-order chi connectivity index (χ0) is 22.5. The second-order valence-corrected chi connectivity index (χ2v) is 7.92. The highest BCUT2D eigenvalue weighted by Crippen LogP contribution is 2.26. The highest BCUT2D eigenvalue weighted by Gasteiger charge is 2.12. The van der Waals surface area contributed by atoms with Gasteiger partial charge in [-0.3, -0.25) is 4.79 Å². The molecule has 4 rings (SSSR count). The number of hydrogen-bond acceptors (Lipinski definition) is 5. The number of hydrogen-bond donors (Lipinski definition) is 1. The fraction of sp³-hybridized carbons (Fsp3) is 0.192. The van der Waals surface area contributed by atoms with E-state index >= 15 is 0 Å². The van der Waals surface area contributed by atoms with E-state index < -0.39 is 0 Å². The molecule has 1 heterocycles. The molecule has 1 N–H and O–H groups in total. The van der Waals surface area contributed by atoms with Crippen LogP contribution in [0, 0.1) is 6.92 Å². The monoisotopic (exact) mass is 427 g/mol. The third-order valence-electron chi connectivity index (χ3n) is 5.00. The van der Waals surface area contributed by atoms with Crippen LogP contribution in [0.25, 0.3) is 22.9 Å². The fourth-order valence-electron chi connectivity index (χ4n) is 3.26. The molecule has 162 valence electrons. The summed E-state index contributed by atoms with van der Waals surface area (Å²) in [7, 11) is 0. The summed E-state index contributed by atoms with van der Waals surface area (Å²) in [5, 5.41) is 11.1. The van der Waals surface area contributed by atoms with E-state index in [1.807, 2.05) is 67.6 Å². The molecular weight excluding hydrogens is 402 g/mol. The van der Waals surface area contributed by atoms with Gasteiger partial charge < -0.3 is 14.5 Å². The summed E-state index contributed by atoms with van der Waals surface area (Å²) in [5.41, 5.74) is 4.56. The molecule has 1 amide bonds. The van der Waals surface area contributed by atoms with E-state index in [-0.39, 0.29) is 12.5 Å². The topological polar surface area (TPSA) is 77.2 Å². The Balaban J connectivity index is 1.39. The van der Waals surface area contributed by atoms with Crippen molar-refractivity contribution in [2.24, 2.45) is 0 Å². The van der Waals surface area contributed by atoms with E-state index in [0.29, 0.717) is 29.1 Å². The van der Waals surface area contributed by atoms with Gasteiger partial charge in [-0.05, 0) is 60.9 Å². The molecule has 0 aliphatic rings. The SMILES string of the molecule is Cc1cccc(-c2nnc(-c3cccc(NC(=O)COc4ccc(C(C)C)cc4)c3)o2)c1. The Kier molecular flexibility index (Phi) is 6.31. The molecule has 6 nitrogen and oxygen atoms in total. The molecule has 0 atom stereocenters. The lowest BCUT2D eigenvalue weighted by atomic mass is 10.0. The van der Waals surface area contributed by atoms with Gasteiger partial charge in [-0.1, -0.05) is 49.7 Å². The van der Waals surface area contributed by atoms with E-state index in [0.717, 1.165) is 16.7 Å². The van der Waals surface area contributed by atoms with Gasteiger partial charge in [0.15, 0.2) is 6.61 Å². The molecule has 0 unspecified atom stereocenters. The van der Waals surface area contributed by atoms with Crippen LogP contribution in [-0.4, -0.2) is 22.7 Å². The Morgan fingerprint density at radius 3 is 2.25 bits per heavy atom. The quantitative estimate of drug-likeness (QED) is 0.400. The summed E-state index contributed by atoms with van der Waals surface area (Å²) < 4.78 is 11.4. The summed E-state index contributed by atoms with van der Waals surface area (Å²) in [4.78, 5) is 12.3. The van der Waals surface area contributed by atoms with Crippen molar-refractivity contribution in [2.75, 3.05) is 11.9 Å². The number of anilines is 1. The minimum absolute atomic E-state index is 0.0800. The number of nitrogens with one attached hydrogen (secondary N) is 1. The number of amides is 1. The van der Waals surface area contributed by atoms with Crippen LogP contribution in [0.15, 0.2) is 77.2 Å². The second kappa shape index (κ2) is 9.47. The molecule has 0 spiro atoms. The number of rotatable bonds is 7. The molecule has 0 saturated carbocycles. The number of nitrogens with zero attached hydrogens (tertiary/aromatic N) is 2. The maximum atomic E-state index is 12.3. The summed E-state index contributed by atoms with van der Waals surface area (Å²) in [6.45, 7) is 6.20. The van der Waals surface area contributed by atoms with Crippen LogP contribution < -0.4 is 10.1 Å². The number of carbonyl (C=O) groups is 1. The zero-order valence-corrected chi connectivity index (χ0v) is 18.3. The molecule has 32 heavy (non-hydrogen) atoms. The van der Waals surface area contributed by atoms with E-state index in [9.17, 15) is 4.79 Å². The van der Waals surface area contributed by atoms with Crippen molar-refractivity contribution in [3.8, 4) is 28.7 Å². The summed E-state index contributed by atoms with van der Waals surface area (Å²) in [6, 6.07) is 22.9. The predicted octanol–water partition coefficient (Wildman–Crippen LogP) is 5.85. The maximum Gasteiger partial charge on any atom is 0.262 e. The smallest absolute Gasteiger partial charge is 0.262 e. The Morgan fingerprint density at radius 1 is 0.938 bits per heavy atom. The van der Waals surface area contributed by atoms with Crippen molar-refractivity contribution in [3.05, 3.63) is 83.9 Å². The van der Waals surface area contributed by atoms with Gasteiger partial charge in [0.05, 0.1) is 0 Å². The Morgan fingerprint density at radius 2 is 1.59 bits per heavy atom. The molecule has 0 radical (unpaired) electrons. The molecule has 0 fully saturated rings. The highest BCUT2D eigenvalue weighted by atomic mass is 16.5. The summed E-state index contributed by atoms with van der Waals surface area (Å²) in [5.74, 6) is 1.70. The molecule has 0 aliphatic heterocycles. The van der Waals surface area contributed by atoms with Crippen LogP contribution in [0.3, 0.4) is 0 Å². The number of aryl methyl sites for hydroxylation is 1. The largest absolute Gasteiger partial charge is 0.484 e. The maximum absolute atomic E-state index is 12.3. The van der Waals surface area contributed by atoms with Crippen molar-refractivity contribution in [1.29, 1.82) is 0 Å². The van der Waals surface area contributed by atoms with Crippen molar-refractivity contribution in [2.45, 2.75) is 26.7 Å². The van der Waals surface area contributed by atoms with Crippen LogP contribution in [0.2, 0.25) is 0 Å². The van der Waals surface area contributed by atoms with Gasteiger partial charge in [0.2, 0.25) is 11.8 Å². The average Bonchev–Trinajstić information content (AvgIpc) is 3.29. The van der Waals surface area contributed by atoms with E-state index in [1.165, 1.54) is 5.56 Å². The van der Waals surface area contributed by atoms with E-state index in [4.69, 9.17) is 9.15 Å². The van der Waals surface area contributed by atoms with Crippen molar-refractivity contribution in [3.63, 3.8) is 0 Å². The lowest BCUT2D eigenvalue weighted by Crippen LogP contribution is -2.20. The van der Waals surface area contributed by atoms with Crippen molar-refractivity contribution >= 4 is 11.6 Å². The summed E-state index contributed by atoms with van der Waals surface area (Å²) in [6.07, 6.45) is 0. The predicted molar refractivity (Wildman–Crippen MR) is 125 cm³/mol. The first-order valence-electron chi connectivity index (χ1n) is 10.5. The molecule has 4 aromatic rings. The average molecular weight is 428 g/mol. The van der Waals surface area contributed by atoms with Gasteiger partial charge in [-0.2, -0.15) is 0 Å². The normalized spacial score (nSPS) is 10.9. The third-order valence-corrected chi connectivity index (χ3v) is 5.00. The lowest BCUT2D eigenvalue weighted by Gasteiger charge is -2.10. The van der Waals surface area contributed by atoms with Gasteiger partial charge in [0.1, 0.15) is 5.75 Å². The standard InChI is InChI=1S/C26H25N3O3/c1-17(2)19-10-12-23(13-11-19)31-16-24(30)27-22-9-5-8-21(15-22)26-29-28-25(32-26)20-7-4-6-18(3)14-20/h4-15,17H,16H2,1-3H3,(H,27,30).